The van der Waals surface area contributed by atoms with Crippen LogP contribution < -0.4 is 0 Å². The average Bonchev–Trinajstić information content (AvgIpc) is 2.71. The smallest absolute Gasteiger partial charge is 0.249 e. The molecule has 1 atom stereocenters. The Morgan fingerprint density at radius 3 is 2.62 bits per heavy atom. The van der Waals surface area contributed by atoms with Crippen LogP contribution in [0.2, 0.25) is 10.0 Å². The van der Waals surface area contributed by atoms with Gasteiger partial charge in [0.05, 0.1) is 15.6 Å². The molecule has 0 N–H and O–H groups in total. The Balaban J connectivity index is 2.47. The summed E-state index contributed by atoms with van der Waals surface area (Å²) < 4.78 is 5.37. The van der Waals surface area contributed by atoms with Gasteiger partial charge in [0.15, 0.2) is 0 Å². The van der Waals surface area contributed by atoms with E-state index in [-0.39, 0.29) is 5.38 Å². The summed E-state index contributed by atoms with van der Waals surface area (Å²) in [5, 5.41) is 8.18. The Labute approximate surface area is 107 Å². The fourth-order valence-electron chi connectivity index (χ4n) is 1.17. The van der Waals surface area contributed by atoms with Crippen LogP contribution >= 0.6 is 34.8 Å². The Hall–Kier alpha value is -0.770. The van der Waals surface area contributed by atoms with Crippen molar-refractivity contribution in [2.24, 2.45) is 0 Å². The molecule has 0 bridgehead atoms. The zero-order valence-electron chi connectivity index (χ0n) is 8.25. The number of rotatable bonds is 2. The van der Waals surface area contributed by atoms with E-state index in [0.29, 0.717) is 27.4 Å². The lowest BCUT2D eigenvalue weighted by atomic mass is 10.2. The molecule has 1 aromatic heterocycles. The van der Waals surface area contributed by atoms with Gasteiger partial charge >= 0.3 is 0 Å². The molecule has 1 heterocycles. The van der Waals surface area contributed by atoms with Crippen LogP contribution in [0.5, 0.6) is 0 Å². The van der Waals surface area contributed by atoms with Crippen molar-refractivity contribution in [1.29, 1.82) is 0 Å². The van der Waals surface area contributed by atoms with Crippen LogP contribution in [0.1, 0.15) is 18.2 Å². The largest absolute Gasteiger partial charge is 0.419 e. The lowest BCUT2D eigenvalue weighted by Crippen LogP contribution is -1.81. The van der Waals surface area contributed by atoms with E-state index in [1.54, 1.807) is 25.1 Å². The van der Waals surface area contributed by atoms with E-state index >= 15 is 0 Å². The highest BCUT2D eigenvalue weighted by atomic mass is 35.5. The predicted octanol–water partition coefficient (Wildman–Crippen LogP) is 4.34. The molecule has 0 saturated heterocycles. The number of hydrogen-bond donors (Lipinski definition) is 0. The van der Waals surface area contributed by atoms with E-state index < -0.39 is 0 Å². The first kappa shape index (κ1) is 11.7. The van der Waals surface area contributed by atoms with Crippen LogP contribution in [0, 0.1) is 0 Å². The molecule has 6 heteroatoms. The van der Waals surface area contributed by atoms with Crippen molar-refractivity contribution in [2.45, 2.75) is 12.3 Å². The highest BCUT2D eigenvalue weighted by Gasteiger charge is 2.15. The summed E-state index contributed by atoms with van der Waals surface area (Å²) in [7, 11) is 0. The maximum absolute atomic E-state index is 6.02. The molecule has 0 aliphatic rings. The van der Waals surface area contributed by atoms with Gasteiger partial charge in [-0.1, -0.05) is 29.3 Å². The first-order chi connectivity index (χ1) is 7.59. The van der Waals surface area contributed by atoms with Crippen molar-refractivity contribution < 1.29 is 4.42 Å². The SMILES string of the molecule is CC(Cl)c1nnc(-c2cccc(Cl)c2Cl)o1. The predicted molar refractivity (Wildman–Crippen MR) is 64.0 cm³/mol. The minimum Gasteiger partial charge on any atom is -0.419 e. The molecule has 3 nitrogen and oxygen atoms in total. The molecule has 1 unspecified atom stereocenters. The third-order valence-corrected chi connectivity index (χ3v) is 2.97. The molecule has 0 amide bonds. The van der Waals surface area contributed by atoms with E-state index in [0.717, 1.165) is 0 Å². The molecule has 1 aromatic carbocycles. The van der Waals surface area contributed by atoms with E-state index in [1.165, 1.54) is 0 Å². The first-order valence-electron chi connectivity index (χ1n) is 4.51. The third-order valence-electron chi connectivity index (χ3n) is 1.96. The van der Waals surface area contributed by atoms with Gasteiger partial charge in [0, 0.05) is 0 Å². The quantitative estimate of drug-likeness (QED) is 0.766. The van der Waals surface area contributed by atoms with Crippen LogP contribution in [0.4, 0.5) is 0 Å². The molecule has 2 rings (SSSR count). The standard InChI is InChI=1S/C10H7Cl3N2O/c1-5(11)9-14-15-10(16-9)6-3-2-4-7(12)8(6)13/h2-5H,1H3. The Morgan fingerprint density at radius 1 is 1.25 bits per heavy atom. The molecule has 0 saturated carbocycles. The molecule has 0 spiro atoms. The lowest BCUT2D eigenvalue weighted by molar-refractivity contribution is 0.507. The number of halogens is 3. The minimum atomic E-state index is -0.334. The Bertz CT molecular complexity index is 511. The van der Waals surface area contributed by atoms with Crippen molar-refractivity contribution in [1.82, 2.24) is 10.2 Å². The van der Waals surface area contributed by atoms with Crippen LogP contribution in [-0.2, 0) is 0 Å². The maximum atomic E-state index is 6.02. The zero-order valence-corrected chi connectivity index (χ0v) is 10.5. The molecular formula is C10H7Cl3N2O. The van der Waals surface area contributed by atoms with E-state index in [9.17, 15) is 0 Å². The minimum absolute atomic E-state index is 0.315. The van der Waals surface area contributed by atoms with Gasteiger partial charge in [-0.05, 0) is 19.1 Å². The summed E-state index contributed by atoms with van der Waals surface area (Å²) in [5.74, 6) is 0.669. The average molecular weight is 278 g/mol. The fourth-order valence-corrected chi connectivity index (χ4v) is 1.64. The van der Waals surface area contributed by atoms with Crippen LogP contribution in [0.25, 0.3) is 11.5 Å². The van der Waals surface area contributed by atoms with Gasteiger partial charge in [0.2, 0.25) is 11.8 Å². The van der Waals surface area contributed by atoms with Gasteiger partial charge in [-0.2, -0.15) is 0 Å². The van der Waals surface area contributed by atoms with Crippen molar-refractivity contribution in [2.75, 3.05) is 0 Å². The van der Waals surface area contributed by atoms with Gasteiger partial charge < -0.3 is 4.42 Å². The second-order valence-electron chi connectivity index (χ2n) is 3.16. The molecule has 2 aromatic rings. The number of nitrogens with zero attached hydrogens (tertiary/aromatic N) is 2. The van der Waals surface area contributed by atoms with Gasteiger partial charge in [-0.15, -0.1) is 21.8 Å². The lowest BCUT2D eigenvalue weighted by Gasteiger charge is -2.00. The summed E-state index contributed by atoms with van der Waals surface area (Å²) in [5.41, 5.74) is 0.602. The third kappa shape index (κ3) is 2.17. The van der Waals surface area contributed by atoms with Gasteiger partial charge in [0.25, 0.3) is 0 Å². The summed E-state index contributed by atoms with van der Waals surface area (Å²) in [6.45, 7) is 1.75. The number of hydrogen-bond acceptors (Lipinski definition) is 3. The second kappa shape index (κ2) is 4.62. The number of alkyl halides is 1. The van der Waals surface area contributed by atoms with E-state index in [4.69, 9.17) is 39.2 Å². The molecule has 0 aliphatic carbocycles. The highest BCUT2D eigenvalue weighted by Crippen LogP contribution is 2.33. The molecule has 84 valence electrons. The van der Waals surface area contributed by atoms with Gasteiger partial charge in [-0.25, -0.2) is 0 Å². The molecule has 0 aliphatic heterocycles. The normalized spacial score (nSPS) is 12.8. The van der Waals surface area contributed by atoms with Crippen molar-refractivity contribution in [3.8, 4) is 11.5 Å². The van der Waals surface area contributed by atoms with Crippen LogP contribution in [-0.4, -0.2) is 10.2 Å². The summed E-state index contributed by atoms with van der Waals surface area (Å²) >= 11 is 17.7. The van der Waals surface area contributed by atoms with Crippen LogP contribution in [0.3, 0.4) is 0 Å². The maximum Gasteiger partial charge on any atom is 0.249 e. The Kier molecular flexibility index (Phi) is 3.38. The summed E-state index contributed by atoms with van der Waals surface area (Å²) in [6, 6.07) is 5.21. The van der Waals surface area contributed by atoms with E-state index in [2.05, 4.69) is 10.2 Å². The Morgan fingerprint density at radius 2 is 2.00 bits per heavy atom. The second-order valence-corrected chi connectivity index (χ2v) is 4.60. The molecule has 0 fully saturated rings. The highest BCUT2D eigenvalue weighted by molar-refractivity contribution is 6.43. The summed E-state index contributed by atoms with van der Waals surface area (Å²) in [4.78, 5) is 0. The van der Waals surface area contributed by atoms with Crippen molar-refractivity contribution in [3.63, 3.8) is 0 Å². The molecular weight excluding hydrogens is 270 g/mol. The van der Waals surface area contributed by atoms with Gasteiger partial charge in [0.1, 0.15) is 5.38 Å². The first-order valence-corrected chi connectivity index (χ1v) is 5.70. The van der Waals surface area contributed by atoms with Crippen molar-refractivity contribution in [3.05, 3.63) is 34.1 Å². The van der Waals surface area contributed by atoms with Crippen molar-refractivity contribution >= 4 is 34.8 Å². The topological polar surface area (TPSA) is 38.9 Å². The zero-order chi connectivity index (χ0) is 11.7. The monoisotopic (exact) mass is 276 g/mol. The fraction of sp³-hybridized carbons (Fsp3) is 0.200. The number of benzene rings is 1. The summed E-state index contributed by atoms with van der Waals surface area (Å²) in [6.07, 6.45) is 0. The molecule has 16 heavy (non-hydrogen) atoms. The van der Waals surface area contributed by atoms with Crippen LogP contribution in [0.15, 0.2) is 22.6 Å². The van der Waals surface area contributed by atoms with E-state index in [1.807, 2.05) is 0 Å². The van der Waals surface area contributed by atoms with Gasteiger partial charge in [-0.3, -0.25) is 0 Å². The molecule has 0 radical (unpaired) electrons. The number of aromatic nitrogens is 2.